The maximum atomic E-state index is 13.6. The van der Waals surface area contributed by atoms with Crippen molar-refractivity contribution in [3.8, 4) is 11.5 Å². The van der Waals surface area contributed by atoms with Crippen LogP contribution < -0.4 is 20.1 Å². The number of aliphatic hydroxyl groups is 1. The van der Waals surface area contributed by atoms with Crippen molar-refractivity contribution in [3.05, 3.63) is 52.8 Å². The van der Waals surface area contributed by atoms with E-state index in [0.717, 1.165) is 11.6 Å². The number of nitrogens with one attached hydrogen (secondary N) is 2. The number of hydrogen-bond donors (Lipinski definition) is 3. The van der Waals surface area contributed by atoms with Gasteiger partial charge in [-0.05, 0) is 35.9 Å². The summed E-state index contributed by atoms with van der Waals surface area (Å²) in [5.41, 5.74) is 0.798. The number of aliphatic hydroxyl groups excluding tert-OH is 1. The Hall–Kier alpha value is -2.51. The van der Waals surface area contributed by atoms with Crippen molar-refractivity contribution in [1.82, 2.24) is 5.32 Å². The Morgan fingerprint density at radius 3 is 2.72 bits per heavy atom. The molecule has 0 spiro atoms. The highest BCUT2D eigenvalue weighted by molar-refractivity contribution is 6.30. The van der Waals surface area contributed by atoms with Gasteiger partial charge in [-0.15, -0.1) is 0 Å². The fourth-order valence-electron chi connectivity index (χ4n) is 2.04. The van der Waals surface area contributed by atoms with E-state index >= 15 is 0 Å². The molecule has 3 N–H and O–H groups in total. The van der Waals surface area contributed by atoms with E-state index in [2.05, 4.69) is 10.6 Å². The summed E-state index contributed by atoms with van der Waals surface area (Å²) in [6.45, 7) is 0.259. The first kappa shape index (κ1) is 18.8. The van der Waals surface area contributed by atoms with Crippen LogP contribution in [0.25, 0.3) is 0 Å². The molecule has 0 unspecified atom stereocenters. The minimum Gasteiger partial charge on any atom is -0.493 e. The average molecular weight is 369 g/mol. The highest BCUT2D eigenvalue weighted by Crippen LogP contribution is 2.28. The van der Waals surface area contributed by atoms with Crippen LogP contribution in [0, 0.1) is 5.82 Å². The van der Waals surface area contributed by atoms with E-state index in [4.69, 9.17) is 26.2 Å². The van der Waals surface area contributed by atoms with E-state index in [0.29, 0.717) is 11.5 Å². The zero-order chi connectivity index (χ0) is 18.2. The molecule has 0 radical (unpaired) electrons. The van der Waals surface area contributed by atoms with Crippen molar-refractivity contribution in [2.45, 2.75) is 6.54 Å². The summed E-state index contributed by atoms with van der Waals surface area (Å²) in [6.07, 6.45) is 0. The topological polar surface area (TPSA) is 79.8 Å². The Balaban J connectivity index is 1.94. The molecule has 0 aliphatic carbocycles. The normalized spacial score (nSPS) is 10.2. The number of urea groups is 1. The summed E-state index contributed by atoms with van der Waals surface area (Å²) in [5.74, 6) is 0.361. The van der Waals surface area contributed by atoms with Gasteiger partial charge in [0.05, 0.1) is 19.4 Å². The number of carbonyl (C=O) groups is 1. The smallest absolute Gasteiger partial charge is 0.319 e. The van der Waals surface area contributed by atoms with Crippen LogP contribution in [0.2, 0.25) is 5.02 Å². The zero-order valence-corrected chi connectivity index (χ0v) is 14.3. The number of methoxy groups -OCH3 is 1. The Morgan fingerprint density at radius 1 is 1.24 bits per heavy atom. The lowest BCUT2D eigenvalue weighted by atomic mass is 10.2. The van der Waals surface area contributed by atoms with E-state index < -0.39 is 11.8 Å². The van der Waals surface area contributed by atoms with E-state index in [1.165, 1.54) is 19.2 Å². The molecule has 0 atom stereocenters. The summed E-state index contributed by atoms with van der Waals surface area (Å²) in [5, 5.41) is 14.1. The molecule has 2 aromatic carbocycles. The summed E-state index contributed by atoms with van der Waals surface area (Å²) in [7, 11) is 1.49. The third-order valence-corrected chi connectivity index (χ3v) is 3.44. The van der Waals surface area contributed by atoms with Crippen molar-refractivity contribution in [2.24, 2.45) is 0 Å². The van der Waals surface area contributed by atoms with Crippen LogP contribution >= 0.6 is 11.6 Å². The molecule has 0 fully saturated rings. The van der Waals surface area contributed by atoms with Crippen LogP contribution in [0.3, 0.4) is 0 Å². The minimum atomic E-state index is -0.616. The van der Waals surface area contributed by atoms with Gasteiger partial charge in [-0.2, -0.15) is 0 Å². The molecule has 25 heavy (non-hydrogen) atoms. The van der Waals surface area contributed by atoms with Gasteiger partial charge < -0.3 is 25.2 Å². The Labute approximate surface area is 149 Å². The van der Waals surface area contributed by atoms with Gasteiger partial charge in [-0.25, -0.2) is 9.18 Å². The minimum absolute atomic E-state index is 0.0345. The summed E-state index contributed by atoms with van der Waals surface area (Å²) in [4.78, 5) is 11.9. The van der Waals surface area contributed by atoms with E-state index in [1.54, 1.807) is 18.2 Å². The highest BCUT2D eigenvalue weighted by atomic mass is 35.5. The van der Waals surface area contributed by atoms with Gasteiger partial charge in [-0.1, -0.05) is 17.7 Å². The monoisotopic (exact) mass is 368 g/mol. The number of hydrogen-bond acceptors (Lipinski definition) is 4. The summed E-state index contributed by atoms with van der Waals surface area (Å²) < 4.78 is 24.2. The second-order valence-corrected chi connectivity index (χ2v) is 5.43. The van der Waals surface area contributed by atoms with Crippen LogP contribution in [-0.2, 0) is 6.54 Å². The van der Waals surface area contributed by atoms with Gasteiger partial charge in [-0.3, -0.25) is 0 Å². The number of rotatable bonds is 7. The van der Waals surface area contributed by atoms with Gasteiger partial charge in [0.2, 0.25) is 0 Å². The number of amides is 2. The summed E-state index contributed by atoms with van der Waals surface area (Å²) in [6, 6.07) is 8.56. The van der Waals surface area contributed by atoms with Gasteiger partial charge in [0.1, 0.15) is 12.4 Å². The average Bonchev–Trinajstić information content (AvgIpc) is 2.60. The predicted molar refractivity (Wildman–Crippen MR) is 92.8 cm³/mol. The van der Waals surface area contributed by atoms with Crippen LogP contribution in [0.5, 0.6) is 11.5 Å². The molecular weight excluding hydrogens is 351 g/mol. The van der Waals surface area contributed by atoms with Crippen molar-refractivity contribution in [3.63, 3.8) is 0 Å². The number of anilines is 1. The first-order chi connectivity index (χ1) is 12.0. The molecule has 0 aromatic heterocycles. The Morgan fingerprint density at radius 2 is 2.04 bits per heavy atom. The molecule has 134 valence electrons. The summed E-state index contributed by atoms with van der Waals surface area (Å²) >= 11 is 5.66. The second-order valence-electron chi connectivity index (χ2n) is 4.99. The Kier molecular flexibility index (Phi) is 6.85. The zero-order valence-electron chi connectivity index (χ0n) is 13.5. The van der Waals surface area contributed by atoms with Gasteiger partial charge in [0.25, 0.3) is 0 Å². The predicted octanol–water partition coefficient (Wildman–Crippen LogP) is 3.18. The number of halogens is 2. The van der Waals surface area contributed by atoms with Crippen molar-refractivity contribution in [1.29, 1.82) is 0 Å². The maximum absolute atomic E-state index is 13.6. The quantitative estimate of drug-likeness (QED) is 0.701. The third kappa shape index (κ3) is 5.51. The van der Waals surface area contributed by atoms with Crippen molar-refractivity contribution >= 4 is 23.3 Å². The number of carbonyl (C=O) groups excluding carboxylic acids is 1. The first-order valence-electron chi connectivity index (χ1n) is 7.44. The molecule has 0 saturated heterocycles. The molecule has 8 heteroatoms. The SMILES string of the molecule is COc1cc(CNC(=O)Nc2ccc(Cl)cc2F)ccc1OCCO. The van der Waals surface area contributed by atoms with Crippen LogP contribution in [0.15, 0.2) is 36.4 Å². The third-order valence-electron chi connectivity index (χ3n) is 3.21. The maximum Gasteiger partial charge on any atom is 0.319 e. The lowest BCUT2D eigenvalue weighted by molar-refractivity contribution is 0.196. The van der Waals surface area contributed by atoms with Gasteiger partial charge >= 0.3 is 6.03 Å². The molecule has 2 amide bonds. The van der Waals surface area contributed by atoms with Crippen LogP contribution in [0.4, 0.5) is 14.9 Å². The second kappa shape index (κ2) is 9.10. The molecule has 0 heterocycles. The molecule has 2 rings (SSSR count). The van der Waals surface area contributed by atoms with E-state index in [-0.39, 0.29) is 30.5 Å². The lowest BCUT2D eigenvalue weighted by Gasteiger charge is -2.12. The molecule has 6 nitrogen and oxygen atoms in total. The lowest BCUT2D eigenvalue weighted by Crippen LogP contribution is -2.28. The Bertz CT molecular complexity index is 743. The van der Waals surface area contributed by atoms with Crippen molar-refractivity contribution in [2.75, 3.05) is 25.6 Å². The molecule has 0 bridgehead atoms. The van der Waals surface area contributed by atoms with E-state index in [1.807, 2.05) is 0 Å². The van der Waals surface area contributed by atoms with Crippen molar-refractivity contribution < 1.29 is 23.8 Å². The van der Waals surface area contributed by atoms with Gasteiger partial charge in [0.15, 0.2) is 11.5 Å². The molecular formula is C17H18ClFN2O4. The van der Waals surface area contributed by atoms with Gasteiger partial charge in [0, 0.05) is 11.6 Å². The highest BCUT2D eigenvalue weighted by Gasteiger charge is 2.09. The fourth-order valence-corrected chi connectivity index (χ4v) is 2.20. The number of ether oxygens (including phenoxy) is 2. The first-order valence-corrected chi connectivity index (χ1v) is 7.81. The van der Waals surface area contributed by atoms with E-state index in [9.17, 15) is 9.18 Å². The molecule has 0 aliphatic rings. The standard InChI is InChI=1S/C17H18ClFN2O4/c1-24-16-8-11(2-5-15(16)25-7-6-22)10-20-17(23)21-14-4-3-12(18)9-13(14)19/h2-5,8-9,22H,6-7,10H2,1H3,(H2,20,21,23). The molecule has 0 saturated carbocycles. The number of benzene rings is 2. The fraction of sp³-hybridized carbons (Fsp3) is 0.235. The van der Waals surface area contributed by atoms with Crippen LogP contribution in [0.1, 0.15) is 5.56 Å². The molecule has 2 aromatic rings. The van der Waals surface area contributed by atoms with Crippen LogP contribution in [-0.4, -0.2) is 31.5 Å². The largest absolute Gasteiger partial charge is 0.493 e. The molecule has 0 aliphatic heterocycles.